The van der Waals surface area contributed by atoms with Gasteiger partial charge in [0.25, 0.3) is 0 Å². The summed E-state index contributed by atoms with van der Waals surface area (Å²) in [5, 5.41) is 0. The highest BCUT2D eigenvalue weighted by Crippen LogP contribution is 2.09. The second kappa shape index (κ2) is 8.32. The van der Waals surface area contributed by atoms with Crippen LogP contribution in [0.3, 0.4) is 0 Å². The zero-order chi connectivity index (χ0) is 16.6. The molecule has 120 valence electrons. The van der Waals surface area contributed by atoms with Crippen LogP contribution < -0.4 is 4.72 Å². The SMILES string of the molecule is Cc1ccc(S(=O)(=O)NCCC/C=C\C#C[Si](C)(C)C)cc1. The molecule has 0 aromatic heterocycles. The lowest BCUT2D eigenvalue weighted by Crippen LogP contribution is -2.24. The van der Waals surface area contributed by atoms with Crippen molar-refractivity contribution in [2.45, 2.75) is 44.3 Å². The molecule has 0 bridgehead atoms. The molecule has 0 unspecified atom stereocenters. The number of aryl methyl sites for hydroxylation is 1. The van der Waals surface area contributed by atoms with E-state index in [-0.39, 0.29) is 0 Å². The number of hydrogen-bond donors (Lipinski definition) is 1. The number of nitrogens with one attached hydrogen (secondary N) is 1. The van der Waals surface area contributed by atoms with Crippen LogP contribution >= 0.6 is 0 Å². The molecule has 1 rings (SSSR count). The first kappa shape index (κ1) is 18.7. The summed E-state index contributed by atoms with van der Waals surface area (Å²) >= 11 is 0. The number of sulfonamides is 1. The van der Waals surface area contributed by atoms with Crippen LogP contribution in [0.2, 0.25) is 19.6 Å². The van der Waals surface area contributed by atoms with Crippen molar-refractivity contribution in [1.29, 1.82) is 0 Å². The summed E-state index contributed by atoms with van der Waals surface area (Å²) in [5.41, 5.74) is 4.30. The van der Waals surface area contributed by atoms with Crippen LogP contribution in [-0.4, -0.2) is 23.0 Å². The van der Waals surface area contributed by atoms with Gasteiger partial charge in [-0.3, -0.25) is 0 Å². The van der Waals surface area contributed by atoms with Crippen LogP contribution in [0.1, 0.15) is 18.4 Å². The lowest BCUT2D eigenvalue weighted by Gasteiger charge is -2.06. The predicted molar refractivity (Wildman–Crippen MR) is 95.9 cm³/mol. The maximum atomic E-state index is 12.0. The first-order valence-corrected chi connectivity index (χ1v) is 12.4. The maximum absolute atomic E-state index is 12.0. The molecule has 0 atom stereocenters. The molecule has 0 saturated heterocycles. The predicted octanol–water partition coefficient (Wildman–Crippen LogP) is 3.49. The van der Waals surface area contributed by atoms with Crippen LogP contribution in [0.25, 0.3) is 0 Å². The van der Waals surface area contributed by atoms with Gasteiger partial charge in [-0.1, -0.05) is 49.3 Å². The Labute approximate surface area is 135 Å². The van der Waals surface area contributed by atoms with E-state index >= 15 is 0 Å². The Kier molecular flexibility index (Phi) is 7.07. The average Bonchev–Trinajstić information content (AvgIpc) is 2.41. The normalized spacial score (nSPS) is 12.2. The summed E-state index contributed by atoms with van der Waals surface area (Å²) < 4.78 is 26.7. The van der Waals surface area contributed by atoms with E-state index in [1.807, 2.05) is 19.1 Å². The molecule has 0 aliphatic carbocycles. The third-order valence-electron chi connectivity index (χ3n) is 2.82. The van der Waals surface area contributed by atoms with Crippen molar-refractivity contribution in [3.8, 4) is 11.5 Å². The van der Waals surface area contributed by atoms with Crippen LogP contribution in [0.4, 0.5) is 0 Å². The second-order valence-electron chi connectivity index (χ2n) is 6.27. The Morgan fingerprint density at radius 3 is 2.41 bits per heavy atom. The molecular formula is C17H25NO2SSi. The van der Waals surface area contributed by atoms with Crippen LogP contribution in [0, 0.1) is 18.4 Å². The lowest BCUT2D eigenvalue weighted by molar-refractivity contribution is 0.579. The van der Waals surface area contributed by atoms with Crippen molar-refractivity contribution in [3.05, 3.63) is 42.0 Å². The highest BCUT2D eigenvalue weighted by atomic mass is 32.2. The Morgan fingerprint density at radius 2 is 1.82 bits per heavy atom. The van der Waals surface area contributed by atoms with Crippen LogP contribution in [0.5, 0.6) is 0 Å². The lowest BCUT2D eigenvalue weighted by atomic mass is 10.2. The third kappa shape index (κ3) is 7.60. The van der Waals surface area contributed by atoms with Crippen LogP contribution in [-0.2, 0) is 10.0 Å². The molecule has 0 aliphatic heterocycles. The molecule has 1 aromatic rings. The van der Waals surface area contributed by atoms with Gasteiger partial charge in [0, 0.05) is 6.54 Å². The summed E-state index contributed by atoms with van der Waals surface area (Å²) in [5.74, 6) is 3.06. The first-order valence-electron chi connectivity index (χ1n) is 7.45. The summed E-state index contributed by atoms with van der Waals surface area (Å²) in [6, 6.07) is 6.86. The van der Waals surface area contributed by atoms with Crippen molar-refractivity contribution in [3.63, 3.8) is 0 Å². The van der Waals surface area contributed by atoms with Crippen molar-refractivity contribution >= 4 is 18.1 Å². The van der Waals surface area contributed by atoms with Gasteiger partial charge in [0.15, 0.2) is 0 Å². The topological polar surface area (TPSA) is 46.2 Å². The van der Waals surface area contributed by atoms with E-state index in [4.69, 9.17) is 0 Å². The fourth-order valence-corrected chi connectivity index (χ4v) is 3.22. The quantitative estimate of drug-likeness (QED) is 0.491. The molecule has 0 aliphatic rings. The fourth-order valence-electron chi connectivity index (χ4n) is 1.63. The van der Waals surface area contributed by atoms with Gasteiger partial charge in [-0.15, -0.1) is 5.54 Å². The van der Waals surface area contributed by atoms with Gasteiger partial charge in [0.2, 0.25) is 10.0 Å². The van der Waals surface area contributed by atoms with Crippen LogP contribution in [0.15, 0.2) is 41.3 Å². The van der Waals surface area contributed by atoms with Crippen molar-refractivity contribution in [1.82, 2.24) is 4.72 Å². The number of allylic oxidation sites excluding steroid dienone is 2. The molecule has 0 fully saturated rings. The summed E-state index contributed by atoms with van der Waals surface area (Å²) in [6.07, 6.45) is 5.44. The first-order chi connectivity index (χ1) is 10.2. The van der Waals surface area contributed by atoms with E-state index in [0.717, 1.165) is 18.4 Å². The molecule has 1 N–H and O–H groups in total. The minimum absolute atomic E-state index is 0.314. The van der Waals surface area contributed by atoms with E-state index in [0.29, 0.717) is 11.4 Å². The highest BCUT2D eigenvalue weighted by molar-refractivity contribution is 7.89. The molecule has 0 saturated carbocycles. The molecule has 1 aromatic carbocycles. The summed E-state index contributed by atoms with van der Waals surface area (Å²) in [6.45, 7) is 8.97. The van der Waals surface area contributed by atoms with Crippen molar-refractivity contribution < 1.29 is 8.42 Å². The number of unbranched alkanes of at least 4 members (excludes halogenated alkanes) is 1. The van der Waals surface area contributed by atoms with E-state index < -0.39 is 18.1 Å². The molecular weight excluding hydrogens is 310 g/mol. The fraction of sp³-hybridized carbons (Fsp3) is 0.412. The smallest absolute Gasteiger partial charge is 0.211 e. The Hall–Kier alpha value is -1.35. The average molecular weight is 336 g/mol. The summed E-state index contributed by atoms with van der Waals surface area (Å²) in [4.78, 5) is 0.314. The Balaban J connectivity index is 2.36. The monoisotopic (exact) mass is 335 g/mol. The zero-order valence-corrected chi connectivity index (χ0v) is 15.6. The van der Waals surface area contributed by atoms with Crippen molar-refractivity contribution in [2.75, 3.05) is 6.54 Å². The Morgan fingerprint density at radius 1 is 1.18 bits per heavy atom. The molecule has 5 heteroatoms. The molecule has 0 spiro atoms. The van der Waals surface area contributed by atoms with E-state index in [2.05, 4.69) is 35.8 Å². The van der Waals surface area contributed by atoms with Gasteiger partial charge in [0.05, 0.1) is 4.90 Å². The van der Waals surface area contributed by atoms with Gasteiger partial charge in [-0.25, -0.2) is 13.1 Å². The van der Waals surface area contributed by atoms with Crippen molar-refractivity contribution in [2.24, 2.45) is 0 Å². The Bertz CT molecular complexity index is 659. The van der Waals surface area contributed by atoms with Gasteiger partial charge in [-0.2, -0.15) is 0 Å². The molecule has 22 heavy (non-hydrogen) atoms. The minimum Gasteiger partial charge on any atom is -0.211 e. The van der Waals surface area contributed by atoms with E-state index in [1.54, 1.807) is 24.3 Å². The molecule has 3 nitrogen and oxygen atoms in total. The van der Waals surface area contributed by atoms with Gasteiger partial charge >= 0.3 is 0 Å². The number of benzene rings is 1. The van der Waals surface area contributed by atoms with Gasteiger partial charge in [-0.05, 0) is 38.0 Å². The standard InChI is InChI=1S/C17H25NO2SSi/c1-16-10-12-17(13-11-16)21(19,20)18-14-8-6-5-7-9-15-22(2,3)4/h5,7,10-13,18H,6,8,14H2,1-4H3/b7-5-. The third-order valence-corrected chi connectivity index (χ3v) is 5.19. The molecule has 0 radical (unpaired) electrons. The molecule has 0 heterocycles. The minimum atomic E-state index is -3.39. The van der Waals surface area contributed by atoms with E-state index in [1.165, 1.54) is 0 Å². The molecule has 0 amide bonds. The highest BCUT2D eigenvalue weighted by Gasteiger charge is 2.12. The number of hydrogen-bond acceptors (Lipinski definition) is 2. The van der Waals surface area contributed by atoms with Gasteiger partial charge < -0.3 is 0 Å². The summed E-state index contributed by atoms with van der Waals surface area (Å²) in [7, 11) is -4.69. The maximum Gasteiger partial charge on any atom is 0.240 e. The van der Waals surface area contributed by atoms with E-state index in [9.17, 15) is 8.42 Å². The van der Waals surface area contributed by atoms with Gasteiger partial charge in [0.1, 0.15) is 8.07 Å². The largest absolute Gasteiger partial charge is 0.240 e. The second-order valence-corrected chi connectivity index (χ2v) is 12.8. The number of rotatable bonds is 6. The zero-order valence-electron chi connectivity index (χ0n) is 13.8.